The maximum absolute atomic E-state index is 13.7. The third-order valence-corrected chi connectivity index (χ3v) is 6.04. The number of thioether (sulfide) groups is 1. The molecule has 0 saturated heterocycles. The minimum absolute atomic E-state index is 0.368. The van der Waals surface area contributed by atoms with Crippen LogP contribution in [0.1, 0.15) is 49.9 Å². The van der Waals surface area contributed by atoms with Crippen molar-refractivity contribution in [2.45, 2.75) is 51.8 Å². The van der Waals surface area contributed by atoms with Crippen LogP contribution in [0.5, 0.6) is 0 Å². The van der Waals surface area contributed by atoms with E-state index in [1.54, 1.807) is 69.9 Å². The molecule has 0 saturated carbocycles. The van der Waals surface area contributed by atoms with Crippen LogP contribution in [0.2, 0.25) is 0 Å². The number of ether oxygens (including phenoxy) is 1. The van der Waals surface area contributed by atoms with Crippen LogP contribution < -0.4 is 10.6 Å². The second kappa shape index (κ2) is 13.0. The molecule has 36 heavy (non-hydrogen) atoms. The van der Waals surface area contributed by atoms with Crippen LogP contribution >= 0.6 is 11.8 Å². The lowest BCUT2D eigenvalue weighted by molar-refractivity contribution is -0.139. The fourth-order valence-corrected chi connectivity index (χ4v) is 4.09. The van der Waals surface area contributed by atoms with Crippen molar-refractivity contribution < 1.29 is 19.1 Å². The quantitative estimate of drug-likeness (QED) is 0.476. The second-order valence-corrected chi connectivity index (χ2v) is 10.4. The zero-order valence-electron chi connectivity index (χ0n) is 21.8. The van der Waals surface area contributed by atoms with Crippen LogP contribution in [0.15, 0.2) is 48.5 Å². The number of hydrogen-bond donors (Lipinski definition) is 2. The molecule has 2 rings (SSSR count). The summed E-state index contributed by atoms with van der Waals surface area (Å²) in [6.45, 7) is 7.14. The highest BCUT2D eigenvalue weighted by Crippen LogP contribution is 2.27. The van der Waals surface area contributed by atoms with Gasteiger partial charge in [0.25, 0.3) is 5.91 Å². The predicted molar refractivity (Wildman–Crippen MR) is 146 cm³/mol. The number of aryl methyl sites for hydroxylation is 1. The van der Waals surface area contributed by atoms with Crippen molar-refractivity contribution in [2.75, 3.05) is 24.4 Å². The molecule has 2 N–H and O–H groups in total. The molecule has 2 aromatic carbocycles. The molecule has 0 aromatic heterocycles. The van der Waals surface area contributed by atoms with E-state index in [1.165, 1.54) is 4.90 Å². The van der Waals surface area contributed by atoms with Gasteiger partial charge < -0.3 is 20.3 Å². The number of nitrogens with zero attached hydrogens (tertiary/aromatic N) is 1. The van der Waals surface area contributed by atoms with Gasteiger partial charge in [-0.05, 0) is 69.4 Å². The molecule has 2 atom stereocenters. The number of amides is 3. The molecule has 0 spiro atoms. The average Bonchev–Trinajstić information content (AvgIpc) is 2.82. The number of rotatable bonds is 9. The average molecular weight is 510 g/mol. The maximum Gasteiger partial charge on any atom is 0.408 e. The summed E-state index contributed by atoms with van der Waals surface area (Å²) in [4.78, 5) is 41.2. The van der Waals surface area contributed by atoms with E-state index in [4.69, 9.17) is 11.2 Å². The lowest BCUT2D eigenvalue weighted by atomic mass is 9.97. The molecular weight excluding hydrogens is 474 g/mol. The minimum Gasteiger partial charge on any atom is -0.444 e. The Morgan fingerprint density at radius 1 is 1.11 bits per heavy atom. The number of anilines is 1. The Morgan fingerprint density at radius 2 is 1.75 bits per heavy atom. The van der Waals surface area contributed by atoms with Crippen LogP contribution in [0.3, 0.4) is 0 Å². The van der Waals surface area contributed by atoms with Gasteiger partial charge in [-0.3, -0.25) is 9.59 Å². The minimum atomic E-state index is -1.03. The molecule has 0 aliphatic rings. The topological polar surface area (TPSA) is 87.7 Å². The van der Waals surface area contributed by atoms with Gasteiger partial charge in [-0.1, -0.05) is 42.3 Å². The molecule has 2 unspecified atom stereocenters. The van der Waals surface area contributed by atoms with Crippen LogP contribution in [-0.4, -0.2) is 53.5 Å². The molecule has 7 nitrogen and oxygen atoms in total. The zero-order chi connectivity index (χ0) is 26.9. The number of nitrogens with one attached hydrogen (secondary N) is 2. The number of alkyl carbamates (subject to hydrolysis) is 1. The van der Waals surface area contributed by atoms with Gasteiger partial charge in [0.1, 0.15) is 17.7 Å². The van der Waals surface area contributed by atoms with Crippen LogP contribution in [0.25, 0.3) is 0 Å². The standard InChI is InChI=1S/C28H35N3O4S/c1-8-20-14-10-11-15-21(20)24(25(32)29-22-16-12-9-13-19(22)2)31(6)26(33)23(17-18-36-7)30-27(34)35-28(3,4)5/h1,9-16,23-24H,17-18H2,2-7H3,(H,29,32)(H,30,34). The molecule has 0 aliphatic carbocycles. The van der Waals surface area contributed by atoms with E-state index in [9.17, 15) is 14.4 Å². The first-order valence-electron chi connectivity index (χ1n) is 11.7. The van der Waals surface area contributed by atoms with Gasteiger partial charge in [-0.25, -0.2) is 4.79 Å². The van der Waals surface area contributed by atoms with Gasteiger partial charge in [0, 0.05) is 18.3 Å². The van der Waals surface area contributed by atoms with Crippen molar-refractivity contribution in [3.05, 3.63) is 65.2 Å². The highest BCUT2D eigenvalue weighted by atomic mass is 32.2. The number of hydrogen-bond acceptors (Lipinski definition) is 5. The SMILES string of the molecule is C#Cc1ccccc1C(C(=O)Nc1ccccc1C)N(C)C(=O)C(CCSC)NC(=O)OC(C)(C)C. The van der Waals surface area contributed by atoms with E-state index >= 15 is 0 Å². The summed E-state index contributed by atoms with van der Waals surface area (Å²) in [5.41, 5.74) is 1.82. The van der Waals surface area contributed by atoms with Crippen molar-refractivity contribution in [1.29, 1.82) is 0 Å². The monoisotopic (exact) mass is 509 g/mol. The number of terminal acetylenes is 1. The molecule has 8 heteroatoms. The van der Waals surface area contributed by atoms with Crippen LogP contribution in [-0.2, 0) is 14.3 Å². The van der Waals surface area contributed by atoms with E-state index in [-0.39, 0.29) is 0 Å². The predicted octanol–water partition coefficient (Wildman–Crippen LogP) is 4.76. The smallest absolute Gasteiger partial charge is 0.408 e. The first-order valence-corrected chi connectivity index (χ1v) is 13.0. The highest BCUT2D eigenvalue weighted by Gasteiger charge is 2.35. The number of carbonyl (C=O) groups excluding carboxylic acids is 3. The largest absolute Gasteiger partial charge is 0.444 e. The molecule has 0 heterocycles. The van der Waals surface area contributed by atoms with Gasteiger partial charge in [0.05, 0.1) is 0 Å². The lowest BCUT2D eigenvalue weighted by Gasteiger charge is -2.32. The summed E-state index contributed by atoms with van der Waals surface area (Å²) >= 11 is 1.55. The summed E-state index contributed by atoms with van der Waals surface area (Å²) in [5.74, 6) is 2.40. The Kier molecular flexibility index (Phi) is 10.4. The van der Waals surface area contributed by atoms with Crippen LogP contribution in [0.4, 0.5) is 10.5 Å². The summed E-state index contributed by atoms with van der Waals surface area (Å²) in [7, 11) is 1.54. The van der Waals surface area contributed by atoms with Gasteiger partial charge in [-0.2, -0.15) is 11.8 Å². The Balaban J connectivity index is 2.43. The lowest BCUT2D eigenvalue weighted by Crippen LogP contribution is -2.51. The van der Waals surface area contributed by atoms with Gasteiger partial charge in [0.2, 0.25) is 5.91 Å². The van der Waals surface area contributed by atoms with Crippen LogP contribution in [0, 0.1) is 19.3 Å². The Labute approximate surface area is 218 Å². The van der Waals surface area contributed by atoms with Crippen molar-refractivity contribution >= 4 is 35.4 Å². The van der Waals surface area contributed by atoms with Crippen molar-refractivity contribution in [2.24, 2.45) is 0 Å². The zero-order valence-corrected chi connectivity index (χ0v) is 22.6. The first kappa shape index (κ1) is 28.8. The summed E-state index contributed by atoms with van der Waals surface area (Å²) in [6, 6.07) is 12.5. The van der Waals surface area contributed by atoms with E-state index < -0.39 is 35.6 Å². The number of carbonyl (C=O) groups is 3. The summed E-state index contributed by atoms with van der Waals surface area (Å²) in [6.07, 6.45) is 7.32. The molecule has 2 aromatic rings. The van der Waals surface area contributed by atoms with E-state index in [0.29, 0.717) is 29.0 Å². The first-order chi connectivity index (χ1) is 17.0. The third-order valence-electron chi connectivity index (χ3n) is 5.40. The van der Waals surface area contributed by atoms with E-state index in [1.807, 2.05) is 31.4 Å². The fraction of sp³-hybridized carbons (Fsp3) is 0.393. The molecule has 192 valence electrons. The van der Waals surface area contributed by atoms with Crippen molar-refractivity contribution in [1.82, 2.24) is 10.2 Å². The number of likely N-dealkylation sites (N-methyl/N-ethyl adjacent to an activating group) is 1. The molecule has 0 fully saturated rings. The van der Waals surface area contributed by atoms with E-state index in [0.717, 1.165) is 5.56 Å². The van der Waals surface area contributed by atoms with Gasteiger partial charge >= 0.3 is 6.09 Å². The van der Waals surface area contributed by atoms with E-state index in [2.05, 4.69) is 16.6 Å². The summed E-state index contributed by atoms with van der Waals surface area (Å²) < 4.78 is 5.37. The van der Waals surface area contributed by atoms with Crippen molar-refractivity contribution in [3.8, 4) is 12.3 Å². The van der Waals surface area contributed by atoms with Crippen molar-refractivity contribution in [3.63, 3.8) is 0 Å². The molecule has 3 amide bonds. The Bertz CT molecular complexity index is 1120. The number of benzene rings is 2. The summed E-state index contributed by atoms with van der Waals surface area (Å²) in [5, 5.41) is 5.62. The van der Waals surface area contributed by atoms with Gasteiger partial charge in [0.15, 0.2) is 0 Å². The normalized spacial score (nSPS) is 12.6. The Hall–Kier alpha value is -3.44. The fourth-order valence-electron chi connectivity index (χ4n) is 3.62. The second-order valence-electron chi connectivity index (χ2n) is 9.37. The number of para-hydroxylation sites is 1. The molecular formula is C28H35N3O4S. The third kappa shape index (κ3) is 8.06. The molecule has 0 radical (unpaired) electrons. The molecule has 0 bridgehead atoms. The van der Waals surface area contributed by atoms with Gasteiger partial charge in [-0.15, -0.1) is 6.42 Å². The highest BCUT2D eigenvalue weighted by molar-refractivity contribution is 7.98. The maximum atomic E-state index is 13.7. The Morgan fingerprint density at radius 3 is 2.36 bits per heavy atom. The molecule has 0 aliphatic heterocycles.